The summed E-state index contributed by atoms with van der Waals surface area (Å²) in [6.45, 7) is 5.32. The minimum absolute atomic E-state index is 0.140. The van der Waals surface area contributed by atoms with Gasteiger partial charge in [-0.2, -0.15) is 0 Å². The van der Waals surface area contributed by atoms with Crippen LogP contribution in [0.5, 0.6) is 11.6 Å². The number of aryl methyl sites for hydroxylation is 1. The van der Waals surface area contributed by atoms with Gasteiger partial charge in [-0.25, -0.2) is 4.98 Å². The zero-order valence-corrected chi connectivity index (χ0v) is 18.3. The van der Waals surface area contributed by atoms with Gasteiger partial charge in [-0.1, -0.05) is 0 Å². The molecule has 0 spiro atoms. The molecule has 2 N–H and O–H groups in total. The van der Waals surface area contributed by atoms with Crippen LogP contribution in [0.1, 0.15) is 41.4 Å². The second kappa shape index (κ2) is 9.58. The van der Waals surface area contributed by atoms with E-state index in [-0.39, 0.29) is 19.1 Å². The minimum atomic E-state index is -0.685. The normalized spacial score (nSPS) is 15.5. The van der Waals surface area contributed by atoms with Crippen LogP contribution in [0, 0.1) is 6.92 Å². The molecule has 0 saturated carbocycles. The van der Waals surface area contributed by atoms with Crippen LogP contribution in [0.4, 0.5) is 0 Å². The van der Waals surface area contributed by atoms with Crippen LogP contribution >= 0.6 is 0 Å². The van der Waals surface area contributed by atoms with Crippen molar-refractivity contribution in [3.8, 4) is 11.6 Å². The number of furan rings is 1. The summed E-state index contributed by atoms with van der Waals surface area (Å²) < 4.78 is 22.7. The molecule has 3 heterocycles. The van der Waals surface area contributed by atoms with E-state index < -0.39 is 5.54 Å². The Morgan fingerprint density at radius 1 is 1.25 bits per heavy atom. The molecule has 8 heteroatoms. The van der Waals surface area contributed by atoms with Crippen LogP contribution in [-0.2, 0) is 11.3 Å². The molecule has 1 saturated heterocycles. The zero-order valence-electron chi connectivity index (χ0n) is 18.3. The van der Waals surface area contributed by atoms with Crippen LogP contribution in [0.15, 0.2) is 40.9 Å². The lowest BCUT2D eigenvalue weighted by molar-refractivity contribution is 0.0125. The average Bonchev–Trinajstić information content (AvgIpc) is 3.14. The van der Waals surface area contributed by atoms with Gasteiger partial charge in [-0.3, -0.25) is 4.79 Å². The van der Waals surface area contributed by atoms with Gasteiger partial charge in [0.1, 0.15) is 23.7 Å². The highest BCUT2D eigenvalue weighted by Gasteiger charge is 2.35. The number of hydrogen-bond acceptors (Lipinski definition) is 7. The van der Waals surface area contributed by atoms with Crippen LogP contribution in [0.25, 0.3) is 11.0 Å². The molecule has 0 aliphatic carbocycles. The number of nitrogens with zero attached hydrogens (tertiary/aromatic N) is 1. The van der Waals surface area contributed by atoms with E-state index in [1.807, 2.05) is 19.1 Å². The number of amides is 1. The Hall–Kier alpha value is -3.10. The average molecular weight is 440 g/mol. The first-order valence-electron chi connectivity index (χ1n) is 10.8. The summed E-state index contributed by atoms with van der Waals surface area (Å²) in [7, 11) is 0. The Bertz CT molecular complexity index is 1090. The third-order valence-corrected chi connectivity index (χ3v) is 5.72. The predicted molar refractivity (Wildman–Crippen MR) is 118 cm³/mol. The fourth-order valence-electron chi connectivity index (χ4n) is 3.92. The summed E-state index contributed by atoms with van der Waals surface area (Å²) in [5.41, 5.74) is 1.19. The summed E-state index contributed by atoms with van der Waals surface area (Å²) in [6.07, 6.45) is 2.80. The van der Waals surface area contributed by atoms with Gasteiger partial charge < -0.3 is 29.1 Å². The van der Waals surface area contributed by atoms with Gasteiger partial charge in [0.05, 0.1) is 29.9 Å². The number of aliphatic hydroxyl groups excluding tert-OH is 1. The quantitative estimate of drug-likeness (QED) is 0.553. The largest absolute Gasteiger partial charge is 0.489 e. The standard InChI is InChI=1S/C24H28N2O6/c1-3-30-23-17(5-4-10-25-23)14-31-18-6-7-20-19(13-18)21(16(2)32-20)22(28)26-24(15-27)8-11-29-12-9-24/h4-7,10,13,27H,3,8-9,11-12,14-15H2,1-2H3,(H,26,28). The molecule has 2 aromatic heterocycles. The fraction of sp³-hybridized carbons (Fsp3) is 0.417. The lowest BCUT2D eigenvalue weighted by Crippen LogP contribution is -2.54. The van der Waals surface area contributed by atoms with Crippen molar-refractivity contribution >= 4 is 16.9 Å². The van der Waals surface area contributed by atoms with Gasteiger partial charge in [0.2, 0.25) is 5.88 Å². The number of carbonyl (C=O) groups excluding carboxylic acids is 1. The van der Waals surface area contributed by atoms with Gasteiger partial charge in [0.15, 0.2) is 0 Å². The number of aromatic nitrogens is 1. The van der Waals surface area contributed by atoms with Crippen molar-refractivity contribution in [3.05, 3.63) is 53.4 Å². The molecule has 0 unspecified atom stereocenters. The molecule has 0 radical (unpaired) electrons. The van der Waals surface area contributed by atoms with Gasteiger partial charge in [-0.15, -0.1) is 0 Å². The van der Waals surface area contributed by atoms with E-state index in [4.69, 9.17) is 18.6 Å². The van der Waals surface area contributed by atoms with Crippen LogP contribution < -0.4 is 14.8 Å². The number of ether oxygens (including phenoxy) is 3. The van der Waals surface area contributed by atoms with Crippen molar-refractivity contribution in [2.24, 2.45) is 0 Å². The minimum Gasteiger partial charge on any atom is -0.489 e. The van der Waals surface area contributed by atoms with Gasteiger partial charge in [0, 0.05) is 24.8 Å². The number of pyridine rings is 1. The van der Waals surface area contributed by atoms with Crippen LogP contribution in [0.3, 0.4) is 0 Å². The van der Waals surface area contributed by atoms with E-state index >= 15 is 0 Å². The molecule has 8 nitrogen and oxygen atoms in total. The molecule has 4 rings (SSSR count). The van der Waals surface area contributed by atoms with E-state index in [9.17, 15) is 9.90 Å². The molecule has 1 aliphatic heterocycles. The second-order valence-electron chi connectivity index (χ2n) is 7.89. The summed E-state index contributed by atoms with van der Waals surface area (Å²) in [5, 5.41) is 13.6. The van der Waals surface area contributed by atoms with Crippen molar-refractivity contribution in [2.75, 3.05) is 26.4 Å². The van der Waals surface area contributed by atoms with Crippen molar-refractivity contribution in [1.82, 2.24) is 10.3 Å². The Morgan fingerprint density at radius 3 is 2.81 bits per heavy atom. The Kier molecular flexibility index (Phi) is 6.62. The molecule has 1 amide bonds. The predicted octanol–water partition coefficient (Wildman–Crippen LogP) is 3.39. The Morgan fingerprint density at radius 2 is 2.06 bits per heavy atom. The third kappa shape index (κ3) is 4.56. The lowest BCUT2D eigenvalue weighted by atomic mass is 9.90. The molecule has 1 fully saturated rings. The van der Waals surface area contributed by atoms with E-state index in [1.54, 1.807) is 31.3 Å². The van der Waals surface area contributed by atoms with Gasteiger partial charge >= 0.3 is 0 Å². The summed E-state index contributed by atoms with van der Waals surface area (Å²) in [4.78, 5) is 17.4. The first-order valence-corrected chi connectivity index (χ1v) is 10.8. The van der Waals surface area contributed by atoms with Crippen molar-refractivity contribution in [1.29, 1.82) is 0 Å². The first kappa shape index (κ1) is 22.1. The third-order valence-electron chi connectivity index (χ3n) is 5.72. The van der Waals surface area contributed by atoms with Crippen molar-refractivity contribution in [2.45, 2.75) is 38.8 Å². The zero-order chi connectivity index (χ0) is 22.6. The van der Waals surface area contributed by atoms with Crippen molar-refractivity contribution < 1.29 is 28.5 Å². The number of benzene rings is 1. The number of carbonyl (C=O) groups is 1. The number of fused-ring (bicyclic) bond motifs is 1. The highest BCUT2D eigenvalue weighted by molar-refractivity contribution is 6.07. The van der Waals surface area contributed by atoms with Gasteiger partial charge in [-0.05, 0) is 57.0 Å². The number of hydrogen-bond donors (Lipinski definition) is 2. The lowest BCUT2D eigenvalue weighted by Gasteiger charge is -2.36. The molecule has 1 aromatic carbocycles. The summed E-state index contributed by atoms with van der Waals surface area (Å²) >= 11 is 0. The van der Waals surface area contributed by atoms with E-state index in [1.165, 1.54) is 0 Å². The SMILES string of the molecule is CCOc1ncccc1COc1ccc2oc(C)c(C(=O)NC3(CO)CCOCC3)c2c1. The molecule has 3 aromatic rings. The Labute approximate surface area is 186 Å². The highest BCUT2D eigenvalue weighted by Crippen LogP contribution is 2.31. The smallest absolute Gasteiger partial charge is 0.255 e. The number of rotatable bonds is 8. The molecular formula is C24H28N2O6. The highest BCUT2D eigenvalue weighted by atomic mass is 16.5. The molecule has 32 heavy (non-hydrogen) atoms. The second-order valence-corrected chi connectivity index (χ2v) is 7.89. The van der Waals surface area contributed by atoms with Crippen LogP contribution in [0.2, 0.25) is 0 Å². The van der Waals surface area contributed by atoms with Gasteiger partial charge in [0.25, 0.3) is 5.91 Å². The topological polar surface area (TPSA) is 103 Å². The number of aliphatic hydroxyl groups is 1. The van der Waals surface area contributed by atoms with Crippen LogP contribution in [-0.4, -0.2) is 48.0 Å². The maximum atomic E-state index is 13.2. The Balaban J connectivity index is 1.56. The molecular weight excluding hydrogens is 412 g/mol. The molecule has 170 valence electrons. The van der Waals surface area contributed by atoms with E-state index in [2.05, 4.69) is 10.3 Å². The number of nitrogens with one attached hydrogen (secondary N) is 1. The summed E-state index contributed by atoms with van der Waals surface area (Å²) in [6, 6.07) is 9.13. The fourth-order valence-corrected chi connectivity index (χ4v) is 3.92. The van der Waals surface area contributed by atoms with Crippen molar-refractivity contribution in [3.63, 3.8) is 0 Å². The molecule has 1 aliphatic rings. The molecule has 0 bridgehead atoms. The maximum Gasteiger partial charge on any atom is 0.255 e. The first-order chi connectivity index (χ1) is 15.5. The monoisotopic (exact) mass is 440 g/mol. The molecule has 0 atom stereocenters. The van der Waals surface area contributed by atoms with E-state index in [0.717, 1.165) is 5.56 Å². The van der Waals surface area contributed by atoms with E-state index in [0.29, 0.717) is 66.6 Å². The maximum absolute atomic E-state index is 13.2. The summed E-state index contributed by atoms with van der Waals surface area (Å²) in [5.74, 6) is 1.38.